The average molecular weight is 418 g/mol. The number of carbonyl (C=O) groups is 1. The number of hydrogen-bond acceptors (Lipinski definition) is 6. The number of sulfone groups is 1. The van der Waals surface area contributed by atoms with E-state index in [9.17, 15) is 18.5 Å². The van der Waals surface area contributed by atoms with Crippen LogP contribution in [0.3, 0.4) is 0 Å². The molecule has 8 heteroatoms. The van der Waals surface area contributed by atoms with Crippen molar-refractivity contribution in [3.8, 4) is 6.07 Å². The predicted octanol–water partition coefficient (Wildman–Crippen LogP) is 3.32. The zero-order valence-corrected chi connectivity index (χ0v) is 18.1. The third kappa shape index (κ3) is 4.01. The minimum atomic E-state index is -3.00. The van der Waals surface area contributed by atoms with Crippen molar-refractivity contribution in [2.24, 2.45) is 0 Å². The van der Waals surface area contributed by atoms with E-state index in [1.54, 1.807) is 0 Å². The first-order chi connectivity index (χ1) is 13.1. The fourth-order valence-corrected chi connectivity index (χ4v) is 6.54. The van der Waals surface area contributed by atoms with Gasteiger partial charge in [0, 0.05) is 28.7 Å². The molecule has 1 fully saturated rings. The molecule has 0 amide bonds. The van der Waals surface area contributed by atoms with Crippen LogP contribution in [0.1, 0.15) is 51.0 Å². The molecule has 2 aromatic rings. The van der Waals surface area contributed by atoms with Gasteiger partial charge in [-0.2, -0.15) is 5.26 Å². The Morgan fingerprint density at radius 1 is 1.32 bits per heavy atom. The van der Waals surface area contributed by atoms with Gasteiger partial charge in [0.05, 0.1) is 22.8 Å². The summed E-state index contributed by atoms with van der Waals surface area (Å²) in [6.07, 6.45) is 0.582. The number of ketones is 1. The van der Waals surface area contributed by atoms with Gasteiger partial charge in [-0.1, -0.05) is 11.8 Å². The van der Waals surface area contributed by atoms with Gasteiger partial charge in [-0.25, -0.2) is 13.4 Å². The van der Waals surface area contributed by atoms with E-state index in [0.29, 0.717) is 22.6 Å². The van der Waals surface area contributed by atoms with Crippen LogP contribution in [0.2, 0.25) is 0 Å². The molecule has 1 atom stereocenters. The Morgan fingerprint density at radius 2 is 2.04 bits per heavy atom. The molecule has 0 saturated carbocycles. The van der Waals surface area contributed by atoms with Crippen molar-refractivity contribution < 1.29 is 13.2 Å². The summed E-state index contributed by atoms with van der Waals surface area (Å²) in [6.45, 7) is 7.50. The van der Waals surface area contributed by atoms with Crippen LogP contribution >= 0.6 is 11.8 Å². The summed E-state index contributed by atoms with van der Waals surface area (Å²) in [5.41, 5.74) is 4.48. The van der Waals surface area contributed by atoms with Crippen molar-refractivity contribution in [3.05, 3.63) is 45.9 Å². The molecule has 1 saturated heterocycles. The Labute approximate surface area is 169 Å². The highest BCUT2D eigenvalue weighted by Crippen LogP contribution is 2.30. The Hall–Kier alpha value is -2.11. The summed E-state index contributed by atoms with van der Waals surface area (Å²) >= 11 is 1.27. The fraction of sp³-hybridized carbons (Fsp3) is 0.450. The largest absolute Gasteiger partial charge is 0.344 e. The van der Waals surface area contributed by atoms with E-state index in [0.717, 1.165) is 22.6 Å². The summed E-state index contributed by atoms with van der Waals surface area (Å²) in [4.78, 5) is 17.3. The van der Waals surface area contributed by atoms with Gasteiger partial charge in [0.15, 0.2) is 15.6 Å². The zero-order valence-electron chi connectivity index (χ0n) is 16.4. The maximum atomic E-state index is 12.9. The molecule has 28 heavy (non-hydrogen) atoms. The number of aryl methyl sites for hydroxylation is 3. The lowest BCUT2D eigenvalue weighted by molar-refractivity contribution is 0.102. The maximum absolute atomic E-state index is 12.9. The van der Waals surface area contributed by atoms with Gasteiger partial charge in [-0.15, -0.1) is 0 Å². The molecule has 1 aliphatic rings. The minimum absolute atomic E-state index is 0.0462. The van der Waals surface area contributed by atoms with Crippen molar-refractivity contribution in [2.45, 2.75) is 45.2 Å². The Morgan fingerprint density at radius 3 is 2.64 bits per heavy atom. The lowest BCUT2D eigenvalue weighted by Crippen LogP contribution is -2.14. The SMILES string of the molecule is Cc1cc(C)c(C#N)c(SCC(=O)c2cc(C)n(C3CCS(=O)(=O)C3)c2C)n1. The van der Waals surface area contributed by atoms with Gasteiger partial charge in [0.2, 0.25) is 0 Å². The lowest BCUT2D eigenvalue weighted by Gasteiger charge is -2.16. The van der Waals surface area contributed by atoms with Gasteiger partial charge in [0.1, 0.15) is 11.1 Å². The lowest BCUT2D eigenvalue weighted by atomic mass is 10.1. The second-order valence-corrected chi connectivity index (χ2v) is 10.5. The molecule has 1 aliphatic heterocycles. The van der Waals surface area contributed by atoms with Crippen molar-refractivity contribution in [2.75, 3.05) is 17.3 Å². The summed E-state index contributed by atoms with van der Waals surface area (Å²) < 4.78 is 25.7. The van der Waals surface area contributed by atoms with Gasteiger partial charge in [-0.3, -0.25) is 4.79 Å². The molecule has 0 spiro atoms. The first-order valence-electron chi connectivity index (χ1n) is 9.06. The summed E-state index contributed by atoms with van der Waals surface area (Å²) in [6, 6.07) is 5.75. The Balaban J connectivity index is 1.82. The van der Waals surface area contributed by atoms with Crippen molar-refractivity contribution >= 4 is 27.4 Å². The van der Waals surface area contributed by atoms with Crippen LogP contribution in [-0.4, -0.2) is 41.0 Å². The highest BCUT2D eigenvalue weighted by atomic mass is 32.2. The van der Waals surface area contributed by atoms with E-state index < -0.39 is 9.84 Å². The van der Waals surface area contributed by atoms with Crippen LogP contribution in [0.5, 0.6) is 0 Å². The number of nitriles is 1. The number of Topliss-reactive ketones (excluding diaryl/α,β-unsaturated/α-hetero) is 1. The zero-order chi connectivity index (χ0) is 20.6. The second kappa shape index (κ2) is 7.72. The smallest absolute Gasteiger partial charge is 0.174 e. The van der Waals surface area contributed by atoms with Gasteiger partial charge >= 0.3 is 0 Å². The normalized spacial score (nSPS) is 18.2. The van der Waals surface area contributed by atoms with Crippen LogP contribution in [0.4, 0.5) is 0 Å². The molecular formula is C20H23N3O3S2. The number of rotatable bonds is 5. The molecule has 6 nitrogen and oxygen atoms in total. The number of aromatic nitrogens is 2. The first kappa shape index (κ1) is 20.6. The van der Waals surface area contributed by atoms with E-state index in [2.05, 4.69) is 11.1 Å². The topological polar surface area (TPSA) is 92.8 Å². The van der Waals surface area contributed by atoms with Crippen LogP contribution in [0.25, 0.3) is 0 Å². The van der Waals surface area contributed by atoms with Crippen LogP contribution in [0.15, 0.2) is 17.2 Å². The fourth-order valence-electron chi connectivity index (χ4n) is 3.85. The summed E-state index contributed by atoms with van der Waals surface area (Å²) in [7, 11) is -3.00. The number of hydrogen-bond donors (Lipinski definition) is 0. The van der Waals surface area contributed by atoms with Crippen LogP contribution in [0, 0.1) is 39.0 Å². The number of pyridine rings is 1. The minimum Gasteiger partial charge on any atom is -0.344 e. The van der Waals surface area contributed by atoms with E-state index in [1.807, 2.05) is 44.4 Å². The summed E-state index contributed by atoms with van der Waals surface area (Å²) in [5, 5.41) is 9.95. The third-order valence-corrected chi connectivity index (χ3v) is 7.85. The van der Waals surface area contributed by atoms with Crippen molar-refractivity contribution in [1.82, 2.24) is 9.55 Å². The maximum Gasteiger partial charge on any atom is 0.174 e. The Bertz CT molecular complexity index is 1090. The molecular weight excluding hydrogens is 394 g/mol. The van der Waals surface area contributed by atoms with Crippen molar-refractivity contribution in [3.63, 3.8) is 0 Å². The molecule has 1 unspecified atom stereocenters. The molecule has 148 valence electrons. The van der Waals surface area contributed by atoms with E-state index in [1.165, 1.54) is 11.8 Å². The average Bonchev–Trinajstić information content (AvgIpc) is 3.10. The van der Waals surface area contributed by atoms with Gasteiger partial charge in [0.25, 0.3) is 0 Å². The molecule has 0 aliphatic carbocycles. The van der Waals surface area contributed by atoms with Crippen molar-refractivity contribution in [1.29, 1.82) is 5.26 Å². The van der Waals surface area contributed by atoms with E-state index >= 15 is 0 Å². The quantitative estimate of drug-likeness (QED) is 0.547. The van der Waals surface area contributed by atoms with Crippen LogP contribution in [-0.2, 0) is 9.84 Å². The van der Waals surface area contributed by atoms with Gasteiger partial charge < -0.3 is 4.57 Å². The van der Waals surface area contributed by atoms with E-state index in [-0.39, 0.29) is 29.1 Å². The number of nitrogens with zero attached hydrogens (tertiary/aromatic N) is 3. The number of carbonyl (C=O) groups excluding carboxylic acids is 1. The molecule has 2 aromatic heterocycles. The standard InChI is InChI=1S/C20H23N3O3S2/c1-12-7-13(2)22-20(18(12)9-21)27-10-19(24)17-8-14(3)23(15(17)4)16-5-6-28(25,26)11-16/h7-8,16H,5-6,10-11H2,1-4H3. The van der Waals surface area contributed by atoms with E-state index in [4.69, 9.17) is 0 Å². The number of thioether (sulfide) groups is 1. The highest BCUT2D eigenvalue weighted by Gasteiger charge is 2.31. The van der Waals surface area contributed by atoms with Crippen LogP contribution < -0.4 is 0 Å². The Kier molecular flexibility index (Phi) is 5.69. The molecule has 3 heterocycles. The molecule has 3 rings (SSSR count). The molecule has 0 radical (unpaired) electrons. The second-order valence-electron chi connectivity index (χ2n) is 7.30. The molecule has 0 aromatic carbocycles. The predicted molar refractivity (Wildman–Crippen MR) is 110 cm³/mol. The molecule has 0 bridgehead atoms. The van der Waals surface area contributed by atoms with Gasteiger partial charge in [-0.05, 0) is 51.8 Å². The third-order valence-electron chi connectivity index (χ3n) is 5.12. The highest BCUT2D eigenvalue weighted by molar-refractivity contribution is 8.00. The summed E-state index contributed by atoms with van der Waals surface area (Å²) in [5.74, 6) is 0.458. The monoisotopic (exact) mass is 417 g/mol. The molecule has 0 N–H and O–H groups in total. The first-order valence-corrected chi connectivity index (χ1v) is 11.9.